The molecule has 0 aromatic carbocycles. The van der Waals surface area contributed by atoms with Gasteiger partial charge in [-0.15, -0.1) is 0 Å². The highest BCUT2D eigenvalue weighted by Gasteiger charge is 2.14. The molecule has 0 radical (unpaired) electrons. The fourth-order valence-corrected chi connectivity index (χ4v) is 2.48. The molecule has 0 fully saturated rings. The molecule has 3 nitrogen and oxygen atoms in total. The summed E-state index contributed by atoms with van der Waals surface area (Å²) < 4.78 is 16.1. The molecule has 1 unspecified atom stereocenters. The van der Waals surface area contributed by atoms with E-state index in [4.69, 9.17) is 4.52 Å². The van der Waals surface area contributed by atoms with Gasteiger partial charge in [0, 0.05) is 6.16 Å². The second kappa shape index (κ2) is 12.2. The first-order valence-electron chi connectivity index (χ1n) is 7.58. The first-order valence-corrected chi connectivity index (χ1v) is 9.35. The molecule has 0 aliphatic rings. The van der Waals surface area contributed by atoms with Gasteiger partial charge in [0.05, 0.1) is 6.61 Å². The highest BCUT2D eigenvalue weighted by molar-refractivity contribution is 7.52. The van der Waals surface area contributed by atoms with Crippen molar-refractivity contribution in [1.29, 1.82) is 0 Å². The smallest absolute Gasteiger partial charge is 0.324 e. The fourth-order valence-electron chi connectivity index (χ4n) is 1.89. The van der Waals surface area contributed by atoms with E-state index in [1.165, 1.54) is 51.4 Å². The monoisotopic (exact) mass is 278 g/mol. The van der Waals surface area contributed by atoms with Crippen LogP contribution < -0.4 is 0 Å². The minimum Gasteiger partial charge on any atom is -0.324 e. The third kappa shape index (κ3) is 12.6. The molecule has 18 heavy (non-hydrogen) atoms. The maximum absolute atomic E-state index is 11.2. The van der Waals surface area contributed by atoms with Crippen LogP contribution in [0, 0.1) is 0 Å². The van der Waals surface area contributed by atoms with Crippen molar-refractivity contribution >= 4 is 7.60 Å². The molecular weight excluding hydrogens is 247 g/mol. The van der Waals surface area contributed by atoms with Gasteiger partial charge in [0.1, 0.15) is 0 Å². The van der Waals surface area contributed by atoms with E-state index >= 15 is 0 Å². The van der Waals surface area contributed by atoms with Gasteiger partial charge in [0.25, 0.3) is 0 Å². The summed E-state index contributed by atoms with van der Waals surface area (Å²) in [4.78, 5) is 9.20. The van der Waals surface area contributed by atoms with Gasteiger partial charge in [0.15, 0.2) is 0 Å². The summed E-state index contributed by atoms with van der Waals surface area (Å²) in [5.41, 5.74) is 0. The van der Waals surface area contributed by atoms with E-state index in [2.05, 4.69) is 6.92 Å². The standard InChI is InChI=1S/C14H31O3P/c1-3-5-6-7-8-9-10-11-12-13-14-17-18(15,16)4-2/h3-14H2,1-2H3,(H,15,16). The van der Waals surface area contributed by atoms with Crippen molar-refractivity contribution in [2.45, 2.75) is 78.1 Å². The minimum absolute atomic E-state index is 0.213. The average Bonchev–Trinajstić information content (AvgIpc) is 2.36. The van der Waals surface area contributed by atoms with Crippen LogP contribution in [0.1, 0.15) is 78.1 Å². The lowest BCUT2D eigenvalue weighted by Gasteiger charge is -2.09. The Labute approximate surface area is 113 Å². The average molecular weight is 278 g/mol. The van der Waals surface area contributed by atoms with Crippen LogP contribution in [0.4, 0.5) is 0 Å². The molecule has 4 heteroatoms. The van der Waals surface area contributed by atoms with Crippen LogP contribution >= 0.6 is 7.60 Å². The Kier molecular flexibility index (Phi) is 12.3. The molecule has 1 atom stereocenters. The fraction of sp³-hybridized carbons (Fsp3) is 1.00. The maximum atomic E-state index is 11.2. The Balaban J connectivity index is 3.10. The van der Waals surface area contributed by atoms with Gasteiger partial charge in [-0.3, -0.25) is 4.57 Å². The normalized spacial score (nSPS) is 14.6. The van der Waals surface area contributed by atoms with Crippen molar-refractivity contribution in [3.63, 3.8) is 0 Å². The van der Waals surface area contributed by atoms with Crippen molar-refractivity contribution in [3.05, 3.63) is 0 Å². The van der Waals surface area contributed by atoms with Crippen LogP contribution in [-0.4, -0.2) is 17.7 Å². The first-order chi connectivity index (χ1) is 8.62. The lowest BCUT2D eigenvalue weighted by molar-refractivity contribution is 0.253. The minimum atomic E-state index is -3.25. The van der Waals surface area contributed by atoms with Gasteiger partial charge < -0.3 is 9.42 Å². The Morgan fingerprint density at radius 1 is 0.833 bits per heavy atom. The highest BCUT2D eigenvalue weighted by atomic mass is 31.2. The van der Waals surface area contributed by atoms with Crippen LogP contribution in [0.5, 0.6) is 0 Å². The predicted octanol–water partition coefficient (Wildman–Crippen LogP) is 5.13. The Morgan fingerprint density at radius 2 is 1.28 bits per heavy atom. The molecule has 0 saturated carbocycles. The zero-order valence-corrected chi connectivity index (χ0v) is 13.1. The Bertz CT molecular complexity index is 219. The third-order valence-corrected chi connectivity index (χ3v) is 4.58. The molecule has 0 amide bonds. The molecule has 0 spiro atoms. The van der Waals surface area contributed by atoms with E-state index < -0.39 is 7.60 Å². The summed E-state index contributed by atoms with van der Waals surface area (Å²) in [6.45, 7) is 4.35. The Hall–Kier alpha value is 0.150. The second-order valence-electron chi connectivity index (χ2n) is 4.97. The zero-order chi connectivity index (χ0) is 13.7. The van der Waals surface area contributed by atoms with E-state index in [1.807, 2.05) is 0 Å². The van der Waals surface area contributed by atoms with Crippen LogP contribution in [-0.2, 0) is 9.09 Å². The lowest BCUT2D eigenvalue weighted by Crippen LogP contribution is -1.94. The van der Waals surface area contributed by atoms with Gasteiger partial charge >= 0.3 is 7.60 Å². The van der Waals surface area contributed by atoms with Crippen LogP contribution in [0.2, 0.25) is 0 Å². The SMILES string of the molecule is CCCCCCCCCCCCOP(=O)(O)CC. The summed E-state index contributed by atoms with van der Waals surface area (Å²) in [5, 5.41) is 0. The zero-order valence-electron chi connectivity index (χ0n) is 12.2. The first kappa shape index (κ1) is 18.1. The van der Waals surface area contributed by atoms with Gasteiger partial charge in [0.2, 0.25) is 0 Å². The molecule has 0 aromatic rings. The summed E-state index contributed by atoms with van der Waals surface area (Å²) in [5.74, 6) is 0. The molecule has 0 aliphatic carbocycles. The van der Waals surface area contributed by atoms with Crippen LogP contribution in [0.25, 0.3) is 0 Å². The second-order valence-corrected chi connectivity index (χ2v) is 7.13. The molecule has 0 saturated heterocycles. The van der Waals surface area contributed by atoms with Crippen molar-refractivity contribution in [2.75, 3.05) is 12.8 Å². The number of unbranched alkanes of at least 4 members (excludes halogenated alkanes) is 9. The summed E-state index contributed by atoms with van der Waals surface area (Å²) in [6, 6.07) is 0. The molecule has 0 heterocycles. The summed E-state index contributed by atoms with van der Waals surface area (Å²) in [7, 11) is -3.25. The molecular formula is C14H31O3P. The van der Waals surface area contributed by atoms with E-state index in [0.717, 1.165) is 12.8 Å². The molecule has 0 aliphatic heterocycles. The van der Waals surface area contributed by atoms with Gasteiger partial charge in [-0.1, -0.05) is 71.6 Å². The van der Waals surface area contributed by atoms with Gasteiger partial charge in [-0.05, 0) is 6.42 Å². The van der Waals surface area contributed by atoms with Crippen LogP contribution in [0.3, 0.4) is 0 Å². The number of rotatable bonds is 13. The molecule has 0 aromatic heterocycles. The highest BCUT2D eigenvalue weighted by Crippen LogP contribution is 2.41. The van der Waals surface area contributed by atoms with Crippen molar-refractivity contribution in [1.82, 2.24) is 0 Å². The number of hydrogen-bond acceptors (Lipinski definition) is 2. The molecule has 0 rings (SSSR count). The van der Waals surface area contributed by atoms with Crippen molar-refractivity contribution < 1.29 is 14.0 Å². The molecule has 110 valence electrons. The summed E-state index contributed by atoms with van der Waals surface area (Å²) in [6.07, 6.45) is 12.9. The predicted molar refractivity (Wildman–Crippen MR) is 78.2 cm³/mol. The van der Waals surface area contributed by atoms with E-state index in [0.29, 0.717) is 6.61 Å². The van der Waals surface area contributed by atoms with Gasteiger partial charge in [-0.25, -0.2) is 0 Å². The third-order valence-electron chi connectivity index (χ3n) is 3.19. The van der Waals surface area contributed by atoms with Crippen molar-refractivity contribution in [3.8, 4) is 0 Å². The number of hydrogen-bond donors (Lipinski definition) is 1. The lowest BCUT2D eigenvalue weighted by atomic mass is 10.1. The van der Waals surface area contributed by atoms with E-state index in [1.54, 1.807) is 6.92 Å². The molecule has 0 bridgehead atoms. The topological polar surface area (TPSA) is 46.5 Å². The largest absolute Gasteiger partial charge is 0.327 e. The molecule has 1 N–H and O–H groups in total. The summed E-state index contributed by atoms with van der Waals surface area (Å²) >= 11 is 0. The van der Waals surface area contributed by atoms with Crippen molar-refractivity contribution in [2.24, 2.45) is 0 Å². The quantitative estimate of drug-likeness (QED) is 0.375. The van der Waals surface area contributed by atoms with E-state index in [9.17, 15) is 9.46 Å². The van der Waals surface area contributed by atoms with E-state index in [-0.39, 0.29) is 6.16 Å². The maximum Gasteiger partial charge on any atom is 0.327 e. The Morgan fingerprint density at radius 3 is 1.72 bits per heavy atom. The van der Waals surface area contributed by atoms with Crippen LogP contribution in [0.15, 0.2) is 0 Å². The van der Waals surface area contributed by atoms with Gasteiger partial charge in [-0.2, -0.15) is 0 Å².